The Morgan fingerprint density at radius 2 is 1.92 bits per heavy atom. The van der Waals surface area contributed by atoms with Crippen LogP contribution in [0.3, 0.4) is 0 Å². The Labute approximate surface area is 141 Å². The Morgan fingerprint density at radius 1 is 1.29 bits per heavy atom. The molecule has 0 bridgehead atoms. The van der Waals surface area contributed by atoms with E-state index in [0.29, 0.717) is 19.4 Å². The van der Waals surface area contributed by atoms with Gasteiger partial charge in [0.25, 0.3) is 0 Å². The summed E-state index contributed by atoms with van der Waals surface area (Å²) >= 11 is 0. The second-order valence-electron chi connectivity index (χ2n) is 7.25. The van der Waals surface area contributed by atoms with Gasteiger partial charge >= 0.3 is 12.1 Å². The van der Waals surface area contributed by atoms with E-state index < -0.39 is 23.6 Å². The highest BCUT2D eigenvalue weighted by molar-refractivity contribution is 5.73. The Bertz CT molecular complexity index is 594. The number of ether oxygens (including phenoxy) is 1. The molecule has 1 heterocycles. The fraction of sp³-hybridized carbons (Fsp3) is 0.556. The summed E-state index contributed by atoms with van der Waals surface area (Å²) in [5.41, 5.74) is 0.291. The van der Waals surface area contributed by atoms with Gasteiger partial charge in [0, 0.05) is 13.1 Å². The highest BCUT2D eigenvalue weighted by atomic mass is 19.1. The van der Waals surface area contributed by atoms with E-state index in [1.54, 1.807) is 32.9 Å². The van der Waals surface area contributed by atoms with Gasteiger partial charge in [-0.3, -0.25) is 4.79 Å². The minimum atomic E-state index is -0.921. The Morgan fingerprint density at radius 3 is 2.46 bits per heavy atom. The van der Waals surface area contributed by atoms with Crippen LogP contribution in [0.25, 0.3) is 0 Å². The number of piperidine rings is 1. The first-order valence-corrected chi connectivity index (χ1v) is 8.11. The second kappa shape index (κ2) is 7.20. The smallest absolute Gasteiger partial charge is 0.410 e. The van der Waals surface area contributed by atoms with Crippen molar-refractivity contribution in [3.63, 3.8) is 0 Å². The minimum absolute atomic E-state index is 0.0911. The fourth-order valence-corrected chi connectivity index (χ4v) is 2.94. The number of carboxylic acid groups (broad SMARTS) is 1. The number of hydrogen-bond donors (Lipinski definition) is 1. The highest BCUT2D eigenvalue weighted by Crippen LogP contribution is 2.28. The molecule has 2 atom stereocenters. The number of hydrogen-bond acceptors (Lipinski definition) is 3. The maximum atomic E-state index is 13.0. The van der Waals surface area contributed by atoms with Crippen molar-refractivity contribution in [2.24, 2.45) is 11.8 Å². The molecule has 5 nitrogen and oxygen atoms in total. The molecule has 24 heavy (non-hydrogen) atoms. The maximum Gasteiger partial charge on any atom is 0.410 e. The van der Waals surface area contributed by atoms with Crippen LogP contribution < -0.4 is 0 Å². The topological polar surface area (TPSA) is 66.8 Å². The van der Waals surface area contributed by atoms with Gasteiger partial charge in [-0.2, -0.15) is 0 Å². The van der Waals surface area contributed by atoms with Crippen molar-refractivity contribution in [3.05, 3.63) is 35.6 Å². The first-order chi connectivity index (χ1) is 11.2. The molecule has 132 valence electrons. The van der Waals surface area contributed by atoms with Crippen molar-refractivity contribution in [1.82, 2.24) is 4.90 Å². The molecule has 1 fully saturated rings. The number of aliphatic carboxylic acids is 1. The lowest BCUT2D eigenvalue weighted by atomic mass is 9.81. The van der Waals surface area contributed by atoms with Crippen LogP contribution in [0.1, 0.15) is 32.8 Å². The quantitative estimate of drug-likeness (QED) is 0.919. The number of carbonyl (C=O) groups excluding carboxylic acids is 1. The summed E-state index contributed by atoms with van der Waals surface area (Å²) in [7, 11) is 0. The van der Waals surface area contributed by atoms with E-state index in [9.17, 15) is 19.1 Å². The first kappa shape index (κ1) is 18.2. The van der Waals surface area contributed by atoms with Crippen molar-refractivity contribution >= 4 is 12.1 Å². The average molecular weight is 337 g/mol. The monoisotopic (exact) mass is 337 g/mol. The predicted molar refractivity (Wildman–Crippen MR) is 87.1 cm³/mol. The number of halogens is 1. The number of rotatable bonds is 3. The third-order valence-corrected chi connectivity index (χ3v) is 4.14. The summed E-state index contributed by atoms with van der Waals surface area (Å²) in [6.45, 7) is 5.93. The van der Waals surface area contributed by atoms with Crippen molar-refractivity contribution in [2.75, 3.05) is 13.1 Å². The van der Waals surface area contributed by atoms with Crippen molar-refractivity contribution in [3.8, 4) is 0 Å². The normalized spacial score (nSPS) is 21.4. The molecule has 0 spiro atoms. The molecule has 0 radical (unpaired) electrons. The van der Waals surface area contributed by atoms with Gasteiger partial charge in [-0.1, -0.05) is 12.1 Å². The van der Waals surface area contributed by atoms with Gasteiger partial charge in [0.1, 0.15) is 11.4 Å². The number of benzene rings is 1. The molecular formula is C18H24FNO4. The van der Waals surface area contributed by atoms with Gasteiger partial charge in [0.2, 0.25) is 0 Å². The number of carbonyl (C=O) groups is 2. The van der Waals surface area contributed by atoms with Gasteiger partial charge in [-0.15, -0.1) is 0 Å². The second-order valence-corrected chi connectivity index (χ2v) is 7.25. The van der Waals surface area contributed by atoms with Gasteiger partial charge in [-0.05, 0) is 57.2 Å². The molecule has 1 aliphatic rings. The fourth-order valence-electron chi connectivity index (χ4n) is 2.94. The van der Waals surface area contributed by atoms with E-state index in [4.69, 9.17) is 4.74 Å². The number of nitrogens with zero attached hydrogens (tertiary/aromatic N) is 1. The van der Waals surface area contributed by atoms with Crippen LogP contribution in [-0.4, -0.2) is 40.8 Å². The third-order valence-electron chi connectivity index (χ3n) is 4.14. The molecule has 2 rings (SSSR count). The first-order valence-electron chi connectivity index (χ1n) is 8.11. The molecule has 0 saturated carbocycles. The van der Waals surface area contributed by atoms with Gasteiger partial charge in [-0.25, -0.2) is 9.18 Å². The zero-order valence-electron chi connectivity index (χ0n) is 14.3. The lowest BCUT2D eigenvalue weighted by Crippen LogP contribution is -2.48. The van der Waals surface area contributed by atoms with E-state index in [0.717, 1.165) is 5.56 Å². The number of amides is 1. The average Bonchev–Trinajstić information content (AvgIpc) is 2.48. The zero-order valence-corrected chi connectivity index (χ0v) is 14.3. The molecule has 1 aromatic carbocycles. The minimum Gasteiger partial charge on any atom is -0.481 e. The SMILES string of the molecule is CC(C)(C)OC(=O)N1CCC(Cc2ccc(F)cc2)C(C(=O)O)C1. The van der Waals surface area contributed by atoms with E-state index in [1.807, 2.05) is 0 Å². The number of likely N-dealkylation sites (tertiary alicyclic amines) is 1. The molecule has 1 aliphatic heterocycles. The Balaban J connectivity index is 2.04. The summed E-state index contributed by atoms with van der Waals surface area (Å²) < 4.78 is 18.3. The molecule has 2 unspecified atom stereocenters. The van der Waals surface area contributed by atoms with Crippen LogP contribution in [0, 0.1) is 17.7 Å². The predicted octanol–water partition coefficient (Wildman–Crippen LogP) is 3.33. The molecule has 0 aromatic heterocycles. The molecule has 1 amide bonds. The van der Waals surface area contributed by atoms with Crippen molar-refractivity contribution in [1.29, 1.82) is 0 Å². The summed E-state index contributed by atoms with van der Waals surface area (Å²) in [6.07, 6.45) is 0.654. The third kappa shape index (κ3) is 4.94. The van der Waals surface area contributed by atoms with E-state index in [1.165, 1.54) is 17.0 Å². The maximum absolute atomic E-state index is 13.0. The molecule has 0 aliphatic carbocycles. The Kier molecular flexibility index (Phi) is 5.47. The van der Waals surface area contributed by atoms with E-state index in [2.05, 4.69) is 0 Å². The van der Waals surface area contributed by atoms with Crippen LogP contribution in [0.4, 0.5) is 9.18 Å². The molecule has 1 N–H and O–H groups in total. The van der Waals surface area contributed by atoms with Crippen LogP contribution in [0.2, 0.25) is 0 Å². The molecule has 1 aromatic rings. The zero-order chi connectivity index (χ0) is 17.9. The van der Waals surface area contributed by atoms with Gasteiger partial charge in [0.15, 0.2) is 0 Å². The standard InChI is InChI=1S/C18H24FNO4/c1-18(2,3)24-17(23)20-9-8-13(15(11-20)16(21)22)10-12-4-6-14(19)7-5-12/h4-7,13,15H,8-11H2,1-3H3,(H,21,22). The van der Waals surface area contributed by atoms with E-state index in [-0.39, 0.29) is 18.3 Å². The number of carboxylic acids is 1. The lowest BCUT2D eigenvalue weighted by molar-refractivity contribution is -0.145. The largest absolute Gasteiger partial charge is 0.481 e. The highest BCUT2D eigenvalue weighted by Gasteiger charge is 2.37. The van der Waals surface area contributed by atoms with Crippen LogP contribution >= 0.6 is 0 Å². The summed E-state index contributed by atoms with van der Waals surface area (Å²) in [6, 6.07) is 6.10. The van der Waals surface area contributed by atoms with Crippen LogP contribution in [0.15, 0.2) is 24.3 Å². The summed E-state index contributed by atoms with van der Waals surface area (Å²) in [5, 5.41) is 9.52. The van der Waals surface area contributed by atoms with Crippen molar-refractivity contribution in [2.45, 2.75) is 39.2 Å². The molecule has 1 saturated heterocycles. The lowest BCUT2D eigenvalue weighted by Gasteiger charge is -2.37. The van der Waals surface area contributed by atoms with E-state index >= 15 is 0 Å². The van der Waals surface area contributed by atoms with Gasteiger partial charge < -0.3 is 14.7 Å². The summed E-state index contributed by atoms with van der Waals surface area (Å²) in [4.78, 5) is 25.2. The Hall–Kier alpha value is -2.11. The molecule has 6 heteroatoms. The summed E-state index contributed by atoms with van der Waals surface area (Å²) in [5.74, 6) is -1.98. The van der Waals surface area contributed by atoms with Crippen LogP contribution in [-0.2, 0) is 16.0 Å². The van der Waals surface area contributed by atoms with Crippen molar-refractivity contribution < 1.29 is 23.8 Å². The molecular weight excluding hydrogens is 313 g/mol. The van der Waals surface area contributed by atoms with Gasteiger partial charge in [0.05, 0.1) is 5.92 Å². The van der Waals surface area contributed by atoms with Crippen LogP contribution in [0.5, 0.6) is 0 Å².